The quantitative estimate of drug-likeness (QED) is 0.919. The Hall–Kier alpha value is -2.52. The monoisotopic (exact) mass is 316 g/mol. The van der Waals surface area contributed by atoms with Crippen LogP contribution in [0.25, 0.3) is 0 Å². The van der Waals surface area contributed by atoms with Gasteiger partial charge in [-0.3, -0.25) is 4.72 Å². The summed E-state index contributed by atoms with van der Waals surface area (Å²) in [4.78, 5) is 0.0238. The summed E-state index contributed by atoms with van der Waals surface area (Å²) in [6.45, 7) is 4.02. The molecule has 114 valence electrons. The lowest BCUT2D eigenvalue weighted by atomic mass is 10.2. The van der Waals surface area contributed by atoms with Gasteiger partial charge in [-0.05, 0) is 43.7 Å². The Balaban J connectivity index is 2.38. The minimum Gasteiger partial charge on any atom is -0.492 e. The van der Waals surface area contributed by atoms with Crippen LogP contribution in [0.4, 0.5) is 5.69 Å². The van der Waals surface area contributed by atoms with Crippen molar-refractivity contribution in [3.63, 3.8) is 0 Å². The molecule has 0 saturated carbocycles. The first kappa shape index (κ1) is 15.9. The van der Waals surface area contributed by atoms with Crippen LogP contribution in [0, 0.1) is 18.3 Å². The first-order chi connectivity index (χ1) is 10.5. The van der Waals surface area contributed by atoms with E-state index in [9.17, 15) is 8.42 Å². The first-order valence-corrected chi connectivity index (χ1v) is 8.21. The van der Waals surface area contributed by atoms with Gasteiger partial charge in [0.2, 0.25) is 0 Å². The molecule has 0 aliphatic rings. The van der Waals surface area contributed by atoms with E-state index in [1.165, 1.54) is 18.2 Å². The molecule has 0 atom stereocenters. The number of anilines is 1. The molecular formula is C16H16N2O3S. The van der Waals surface area contributed by atoms with E-state index in [0.717, 1.165) is 5.56 Å². The molecule has 0 unspecified atom stereocenters. The highest BCUT2D eigenvalue weighted by molar-refractivity contribution is 7.92. The summed E-state index contributed by atoms with van der Waals surface area (Å²) in [7, 11) is -3.76. The Bertz CT molecular complexity index is 824. The summed E-state index contributed by atoms with van der Waals surface area (Å²) in [5.41, 5.74) is 1.52. The largest absolute Gasteiger partial charge is 0.492 e. The van der Waals surface area contributed by atoms with Gasteiger partial charge < -0.3 is 4.74 Å². The van der Waals surface area contributed by atoms with E-state index in [0.29, 0.717) is 18.0 Å². The van der Waals surface area contributed by atoms with Gasteiger partial charge in [0.25, 0.3) is 10.0 Å². The Labute approximate surface area is 130 Å². The summed E-state index contributed by atoms with van der Waals surface area (Å²) >= 11 is 0. The molecule has 0 heterocycles. The fourth-order valence-electron chi connectivity index (χ4n) is 1.94. The highest BCUT2D eigenvalue weighted by Crippen LogP contribution is 2.24. The topological polar surface area (TPSA) is 79.2 Å². The number of para-hydroxylation sites is 1. The Morgan fingerprint density at radius 1 is 1.23 bits per heavy atom. The van der Waals surface area contributed by atoms with E-state index in [1.807, 2.05) is 25.1 Å². The maximum Gasteiger partial charge on any atom is 0.261 e. The van der Waals surface area contributed by atoms with Gasteiger partial charge in [0.05, 0.1) is 22.8 Å². The average Bonchev–Trinajstić information content (AvgIpc) is 2.50. The molecule has 0 saturated heterocycles. The standard InChI is InChI=1S/C16H16N2O3S/c1-3-21-16-9-8-14(10-13(16)11-17)22(19,20)18-15-7-5-4-6-12(15)2/h4-10,18H,3H2,1-2H3. The zero-order valence-electron chi connectivity index (χ0n) is 12.3. The van der Waals surface area contributed by atoms with Crippen molar-refractivity contribution in [2.75, 3.05) is 11.3 Å². The van der Waals surface area contributed by atoms with Crippen LogP contribution in [-0.4, -0.2) is 15.0 Å². The van der Waals surface area contributed by atoms with Crippen LogP contribution in [0.5, 0.6) is 5.75 Å². The number of hydrogen-bond donors (Lipinski definition) is 1. The average molecular weight is 316 g/mol. The summed E-state index contributed by atoms with van der Waals surface area (Å²) in [5, 5.41) is 9.12. The lowest BCUT2D eigenvalue weighted by molar-refractivity contribution is 0.339. The van der Waals surface area contributed by atoms with Crippen LogP contribution in [0.3, 0.4) is 0 Å². The number of nitriles is 1. The van der Waals surface area contributed by atoms with Gasteiger partial charge in [-0.25, -0.2) is 8.42 Å². The lowest BCUT2D eigenvalue weighted by Gasteiger charge is -2.12. The van der Waals surface area contributed by atoms with E-state index in [4.69, 9.17) is 10.00 Å². The molecule has 6 heteroatoms. The predicted octanol–water partition coefficient (Wildman–Crippen LogP) is 3.07. The normalized spacial score (nSPS) is 10.8. The molecule has 0 radical (unpaired) electrons. The fraction of sp³-hybridized carbons (Fsp3) is 0.188. The molecule has 2 rings (SSSR count). The molecule has 0 bridgehead atoms. The number of rotatable bonds is 5. The van der Waals surface area contributed by atoms with Crippen molar-refractivity contribution in [1.29, 1.82) is 5.26 Å². The number of nitrogens with one attached hydrogen (secondary N) is 1. The molecule has 1 N–H and O–H groups in total. The second-order valence-electron chi connectivity index (χ2n) is 4.62. The van der Waals surface area contributed by atoms with Crippen molar-refractivity contribution in [3.8, 4) is 11.8 Å². The molecule has 0 aliphatic heterocycles. The summed E-state index contributed by atoms with van der Waals surface area (Å²) in [6, 6.07) is 13.3. The number of ether oxygens (including phenoxy) is 1. The van der Waals surface area contributed by atoms with Crippen molar-refractivity contribution in [1.82, 2.24) is 0 Å². The van der Waals surface area contributed by atoms with Gasteiger partial charge in [0.15, 0.2) is 0 Å². The van der Waals surface area contributed by atoms with Crippen LogP contribution in [0.15, 0.2) is 47.4 Å². The molecule has 5 nitrogen and oxygen atoms in total. The third-order valence-electron chi connectivity index (χ3n) is 3.07. The maximum absolute atomic E-state index is 12.4. The molecule has 2 aromatic rings. The zero-order chi connectivity index (χ0) is 16.2. The highest BCUT2D eigenvalue weighted by Gasteiger charge is 2.17. The highest BCUT2D eigenvalue weighted by atomic mass is 32.2. The Morgan fingerprint density at radius 3 is 2.59 bits per heavy atom. The van der Waals surface area contributed by atoms with E-state index >= 15 is 0 Å². The van der Waals surface area contributed by atoms with Crippen molar-refractivity contribution in [2.45, 2.75) is 18.7 Å². The van der Waals surface area contributed by atoms with Crippen molar-refractivity contribution < 1.29 is 13.2 Å². The molecule has 2 aromatic carbocycles. The molecule has 0 aromatic heterocycles. The van der Waals surface area contributed by atoms with Crippen molar-refractivity contribution in [3.05, 3.63) is 53.6 Å². The molecule has 0 amide bonds. The van der Waals surface area contributed by atoms with Gasteiger partial charge in [-0.15, -0.1) is 0 Å². The van der Waals surface area contributed by atoms with E-state index in [2.05, 4.69) is 4.72 Å². The van der Waals surface area contributed by atoms with Gasteiger partial charge in [-0.1, -0.05) is 18.2 Å². The second kappa shape index (κ2) is 6.50. The molecule has 0 fully saturated rings. The summed E-state index contributed by atoms with van der Waals surface area (Å²) in [6.07, 6.45) is 0. The SMILES string of the molecule is CCOc1ccc(S(=O)(=O)Nc2ccccc2C)cc1C#N. The van der Waals surface area contributed by atoms with Crippen molar-refractivity contribution in [2.24, 2.45) is 0 Å². The summed E-state index contributed by atoms with van der Waals surface area (Å²) in [5.74, 6) is 0.375. The molecular weight excluding hydrogens is 300 g/mol. The smallest absolute Gasteiger partial charge is 0.261 e. The number of benzene rings is 2. The van der Waals surface area contributed by atoms with Gasteiger partial charge >= 0.3 is 0 Å². The second-order valence-corrected chi connectivity index (χ2v) is 6.31. The van der Waals surface area contributed by atoms with E-state index in [1.54, 1.807) is 19.1 Å². The minimum atomic E-state index is -3.76. The van der Waals surface area contributed by atoms with Gasteiger partial charge in [0, 0.05) is 0 Å². The third kappa shape index (κ3) is 3.38. The first-order valence-electron chi connectivity index (χ1n) is 6.73. The van der Waals surface area contributed by atoms with Crippen LogP contribution >= 0.6 is 0 Å². The van der Waals surface area contributed by atoms with Crippen LogP contribution in [-0.2, 0) is 10.0 Å². The number of sulfonamides is 1. The third-order valence-corrected chi connectivity index (χ3v) is 4.43. The lowest BCUT2D eigenvalue weighted by Crippen LogP contribution is -2.14. The van der Waals surface area contributed by atoms with Crippen LogP contribution in [0.1, 0.15) is 18.1 Å². The summed E-state index contributed by atoms with van der Waals surface area (Å²) < 4.78 is 32.7. The fourth-order valence-corrected chi connectivity index (χ4v) is 3.09. The number of hydrogen-bond acceptors (Lipinski definition) is 4. The van der Waals surface area contributed by atoms with E-state index < -0.39 is 10.0 Å². The van der Waals surface area contributed by atoms with Gasteiger partial charge in [0.1, 0.15) is 11.8 Å². The Kier molecular flexibility index (Phi) is 4.68. The Morgan fingerprint density at radius 2 is 1.95 bits per heavy atom. The minimum absolute atomic E-state index is 0.0238. The van der Waals surface area contributed by atoms with Crippen LogP contribution < -0.4 is 9.46 Å². The zero-order valence-corrected chi connectivity index (χ0v) is 13.1. The molecule has 0 aliphatic carbocycles. The molecule has 0 spiro atoms. The molecule has 22 heavy (non-hydrogen) atoms. The number of aryl methyl sites for hydroxylation is 1. The predicted molar refractivity (Wildman–Crippen MR) is 84.3 cm³/mol. The van der Waals surface area contributed by atoms with E-state index in [-0.39, 0.29) is 10.5 Å². The number of nitrogens with zero attached hydrogens (tertiary/aromatic N) is 1. The van der Waals surface area contributed by atoms with Gasteiger partial charge in [-0.2, -0.15) is 5.26 Å². The maximum atomic E-state index is 12.4. The van der Waals surface area contributed by atoms with Crippen molar-refractivity contribution >= 4 is 15.7 Å². The van der Waals surface area contributed by atoms with Crippen LogP contribution in [0.2, 0.25) is 0 Å².